The highest BCUT2D eigenvalue weighted by molar-refractivity contribution is 7.92. The lowest BCUT2D eigenvalue weighted by Gasteiger charge is -2.34. The van der Waals surface area contributed by atoms with E-state index in [2.05, 4.69) is 10.6 Å². The van der Waals surface area contributed by atoms with Crippen molar-refractivity contribution in [2.75, 3.05) is 47.2 Å². The van der Waals surface area contributed by atoms with E-state index < -0.39 is 69.4 Å². The number of halogens is 1. The zero-order valence-corrected chi connectivity index (χ0v) is 27.1. The number of phenols is 1. The van der Waals surface area contributed by atoms with Crippen molar-refractivity contribution >= 4 is 78.6 Å². The third kappa shape index (κ3) is 5.58. The van der Waals surface area contributed by atoms with Crippen molar-refractivity contribution in [3.05, 3.63) is 58.8 Å². The third-order valence-corrected chi connectivity index (χ3v) is 10.3. The zero-order valence-electron chi connectivity index (χ0n) is 26.3. The minimum absolute atomic E-state index is 0.0575. The molecule has 3 fully saturated rings. The van der Waals surface area contributed by atoms with Crippen LogP contribution in [0, 0.1) is 5.82 Å². The summed E-state index contributed by atoms with van der Waals surface area (Å²) in [5, 5.41) is 15.5. The number of hydrogen-bond donors (Lipinski definition) is 4. The summed E-state index contributed by atoms with van der Waals surface area (Å²) in [6, 6.07) is 9.39. The van der Waals surface area contributed by atoms with Gasteiger partial charge in [0, 0.05) is 43.3 Å². The molecule has 4 heterocycles. The van der Waals surface area contributed by atoms with E-state index >= 15 is 4.39 Å². The first-order valence-electron chi connectivity index (χ1n) is 15.4. The highest BCUT2D eigenvalue weighted by Crippen LogP contribution is 2.39. The molecular formula is C31H29FN8O9S. The molecule has 4 aromatic rings. The van der Waals surface area contributed by atoms with Gasteiger partial charge in [0.2, 0.25) is 23.6 Å². The maximum atomic E-state index is 15.4. The number of phenolic OH excluding ortho intramolecular Hbond substituents is 1. The van der Waals surface area contributed by atoms with Gasteiger partial charge < -0.3 is 15.3 Å². The Morgan fingerprint density at radius 2 is 1.78 bits per heavy atom. The predicted molar refractivity (Wildman–Crippen MR) is 176 cm³/mol. The first kappa shape index (κ1) is 32.7. The van der Waals surface area contributed by atoms with Crippen LogP contribution in [0.25, 0.3) is 21.8 Å². The van der Waals surface area contributed by atoms with Crippen molar-refractivity contribution in [3.63, 3.8) is 0 Å². The van der Waals surface area contributed by atoms with Crippen LogP contribution in [0.1, 0.15) is 18.9 Å². The van der Waals surface area contributed by atoms with Crippen LogP contribution in [-0.2, 0) is 41.2 Å². The number of imide groups is 1. The van der Waals surface area contributed by atoms with E-state index in [0.29, 0.717) is 27.6 Å². The molecule has 4 N–H and O–H groups in total. The minimum atomic E-state index is -4.37. The van der Waals surface area contributed by atoms with E-state index in [1.54, 1.807) is 39.8 Å². The summed E-state index contributed by atoms with van der Waals surface area (Å²) in [5.41, 5.74) is 0.667. The lowest BCUT2D eigenvalue weighted by atomic mass is 10.1. The van der Waals surface area contributed by atoms with Gasteiger partial charge in [0.05, 0.1) is 24.1 Å². The van der Waals surface area contributed by atoms with Gasteiger partial charge in [-0.3, -0.25) is 43.3 Å². The number of piperidine rings is 1. The molecular weight excluding hydrogens is 679 g/mol. The molecule has 7 rings (SSSR count). The Hall–Kier alpha value is -5.82. The first-order valence-corrected chi connectivity index (χ1v) is 16.8. The van der Waals surface area contributed by atoms with Crippen LogP contribution in [-0.4, -0.2) is 89.8 Å². The fraction of sp³-hybridized carbons (Fsp3) is 0.290. The van der Waals surface area contributed by atoms with Crippen LogP contribution in [0.15, 0.2) is 47.3 Å². The molecule has 3 aliphatic heterocycles. The second kappa shape index (κ2) is 11.9. The molecule has 3 saturated heterocycles. The Labute approximate surface area is 282 Å². The van der Waals surface area contributed by atoms with Crippen LogP contribution >= 0.6 is 0 Å². The zero-order chi connectivity index (χ0) is 35.6. The number of nitrogens with zero attached hydrogens (tertiary/aromatic N) is 5. The molecule has 3 aromatic carbocycles. The molecule has 0 aliphatic carbocycles. The van der Waals surface area contributed by atoms with E-state index in [-0.39, 0.29) is 54.8 Å². The summed E-state index contributed by atoms with van der Waals surface area (Å²) in [4.78, 5) is 78.2. The molecule has 1 aromatic heterocycles. The van der Waals surface area contributed by atoms with E-state index in [1.807, 2.05) is 0 Å². The summed E-state index contributed by atoms with van der Waals surface area (Å²) in [5.74, 6) is -4.36. The average Bonchev–Trinajstić information content (AvgIpc) is 3.45. The second-order valence-corrected chi connectivity index (χ2v) is 13.8. The number of aryl methyl sites for hydroxylation is 1. The van der Waals surface area contributed by atoms with Crippen LogP contribution in [0.4, 0.5) is 21.5 Å². The molecule has 1 atom stereocenters. The average molecular weight is 709 g/mol. The quantitative estimate of drug-likeness (QED) is 0.194. The largest absolute Gasteiger partial charge is 0.506 e. The van der Waals surface area contributed by atoms with Gasteiger partial charge in [-0.25, -0.2) is 18.2 Å². The molecule has 5 amide bonds. The molecule has 0 spiro atoms. The number of hydrogen-bond acceptors (Lipinski definition) is 10. The fourth-order valence-corrected chi connectivity index (χ4v) is 7.75. The fourth-order valence-electron chi connectivity index (χ4n) is 6.58. The molecule has 0 radical (unpaired) electrons. The Balaban J connectivity index is 1.02. The number of aromatic nitrogens is 2. The SMILES string of the molecule is Cn1c(=O)n(C2CCC(=O)NC2=O)c2ccc(N3CCN(CC(=O)Nc4ccc5c(F)c(N6CC(=O)NS6(=O)=O)c(O)cc5c4)CC3=O)cc21. The number of carbonyl (C=O) groups excluding carboxylic acids is 5. The number of aromatic hydroxyl groups is 1. The molecule has 0 saturated carbocycles. The molecule has 17 nitrogen and oxygen atoms in total. The summed E-state index contributed by atoms with van der Waals surface area (Å²) < 4.78 is 44.7. The molecule has 19 heteroatoms. The van der Waals surface area contributed by atoms with E-state index in [4.69, 9.17) is 0 Å². The lowest BCUT2D eigenvalue weighted by molar-refractivity contribution is -0.136. The number of benzene rings is 3. The van der Waals surface area contributed by atoms with Gasteiger partial charge in [-0.05, 0) is 54.3 Å². The lowest BCUT2D eigenvalue weighted by Crippen LogP contribution is -2.52. The molecule has 0 bridgehead atoms. The van der Waals surface area contributed by atoms with Gasteiger partial charge >= 0.3 is 15.9 Å². The van der Waals surface area contributed by atoms with Gasteiger partial charge in [-0.2, -0.15) is 8.42 Å². The number of piperazine rings is 1. The topological polar surface area (TPSA) is 212 Å². The molecule has 50 heavy (non-hydrogen) atoms. The highest BCUT2D eigenvalue weighted by Gasteiger charge is 2.38. The first-order chi connectivity index (χ1) is 23.7. The van der Waals surface area contributed by atoms with Crippen molar-refractivity contribution in [1.82, 2.24) is 24.1 Å². The van der Waals surface area contributed by atoms with Crippen LogP contribution in [0.2, 0.25) is 0 Å². The number of nitrogens with one attached hydrogen (secondary N) is 3. The minimum Gasteiger partial charge on any atom is -0.506 e. The molecule has 3 aliphatic rings. The summed E-state index contributed by atoms with van der Waals surface area (Å²) in [7, 11) is -2.81. The maximum Gasteiger partial charge on any atom is 0.329 e. The molecule has 260 valence electrons. The Bertz CT molecular complexity index is 2360. The van der Waals surface area contributed by atoms with Gasteiger partial charge in [-0.15, -0.1) is 0 Å². The van der Waals surface area contributed by atoms with Gasteiger partial charge in [0.25, 0.3) is 5.91 Å². The Morgan fingerprint density at radius 1 is 1.00 bits per heavy atom. The van der Waals surface area contributed by atoms with Crippen LogP contribution < -0.4 is 30.3 Å². The Morgan fingerprint density at radius 3 is 2.48 bits per heavy atom. The summed E-state index contributed by atoms with van der Waals surface area (Å²) >= 11 is 0. The second-order valence-electron chi connectivity index (χ2n) is 12.2. The smallest absolute Gasteiger partial charge is 0.329 e. The number of carbonyl (C=O) groups is 5. The van der Waals surface area contributed by atoms with Gasteiger partial charge in [-0.1, -0.05) is 0 Å². The third-order valence-electron chi connectivity index (χ3n) is 8.96. The van der Waals surface area contributed by atoms with E-state index in [1.165, 1.54) is 27.3 Å². The maximum absolute atomic E-state index is 15.4. The van der Waals surface area contributed by atoms with Crippen molar-refractivity contribution in [3.8, 4) is 5.75 Å². The van der Waals surface area contributed by atoms with E-state index in [0.717, 1.165) is 6.07 Å². The Kier molecular flexibility index (Phi) is 7.82. The predicted octanol–water partition coefficient (Wildman–Crippen LogP) is -0.216. The van der Waals surface area contributed by atoms with Crippen molar-refractivity contribution in [2.24, 2.45) is 7.05 Å². The number of amides is 5. The normalized spacial score (nSPS) is 19.7. The number of fused-ring (bicyclic) bond motifs is 2. The number of rotatable bonds is 6. The van der Waals surface area contributed by atoms with Crippen molar-refractivity contribution in [2.45, 2.75) is 18.9 Å². The van der Waals surface area contributed by atoms with Crippen LogP contribution in [0.5, 0.6) is 5.75 Å². The highest BCUT2D eigenvalue weighted by atomic mass is 32.2. The summed E-state index contributed by atoms with van der Waals surface area (Å²) in [6.45, 7) is -0.349. The van der Waals surface area contributed by atoms with Crippen molar-refractivity contribution < 1.29 is 41.9 Å². The monoisotopic (exact) mass is 708 g/mol. The standard InChI is InChI=1S/C31H29FN8O9S/c1-36-22-12-18(3-5-20(22)40(31(36)47)21-6-7-24(42)34-30(21)46)38-9-8-37(15-27(38)45)13-25(43)33-17-2-4-19-16(10-17)11-23(41)29(28(19)32)39-14-26(44)35-50(39,48)49/h2-5,10-12,21,41H,6-9,13-15H2,1H3,(H,33,43)(H,35,44)(H,34,42,46). The number of imidazole rings is 1. The van der Waals surface area contributed by atoms with Gasteiger partial charge in [0.1, 0.15) is 24.0 Å². The van der Waals surface area contributed by atoms with E-state index in [9.17, 15) is 42.3 Å². The molecule has 1 unspecified atom stereocenters. The summed E-state index contributed by atoms with van der Waals surface area (Å²) in [6.07, 6.45) is 0.304. The number of anilines is 3. The van der Waals surface area contributed by atoms with Gasteiger partial charge in [0.15, 0.2) is 5.82 Å². The van der Waals surface area contributed by atoms with Crippen molar-refractivity contribution in [1.29, 1.82) is 0 Å². The van der Waals surface area contributed by atoms with Crippen LogP contribution in [0.3, 0.4) is 0 Å².